The van der Waals surface area contributed by atoms with Gasteiger partial charge in [-0.25, -0.2) is 66.2 Å². The minimum absolute atomic E-state index is 0. The lowest BCUT2D eigenvalue weighted by Gasteiger charge is -2.09. The standard InChI is InChI=1S/C18H20ClN7O2S.C17H17ClN6O2S2.C15H15ClN6S.C15H11ClN6S.4H2/c19-14-10-21-17(12-2-1-3-13(8-12)29(27,28)22-7-6-20)24-18(14)23-16-9-15(25-26-16)11-4-5-11;18-11-8-19-17(13-5-6-15(27-13)28(25,26)24-10-3-4-10)21-16(11)20-14-7-12(22-23-14)9-1-2-9;2*16-10-7-18-15(12-4-3-9(6-17)23-12)20-14(10)19-13-5-11(21-22-13)8-1-2-8;;;;/h1-3,8-11,22H,4-7,20H2,(H2,21,23,24,25,26);5-10,24H,1-4H2,(H2,19,20,21,22,23);3-5,7-8H,1-2,6,17H2,(H2,18,19,20,21,22);3-5,7-8H,1-2H2,(H2,18,19,20,21,22);4*1H. The summed E-state index contributed by atoms with van der Waals surface area (Å²) in [6.45, 7) is 0.884. The Bertz CT molecular complexity index is 5330. The van der Waals surface area contributed by atoms with E-state index < -0.39 is 20.0 Å². The number of H-pyrrole nitrogens is 4. The number of halogens is 4. The lowest BCUT2D eigenvalue weighted by Crippen LogP contribution is -2.29. The largest absolute Gasteiger partial charge is 0.329 e. The summed E-state index contributed by atoms with van der Waals surface area (Å²) >= 11 is 28.9. The molecule has 0 aliphatic heterocycles. The highest BCUT2D eigenvalue weighted by atomic mass is 35.5. The molecule has 0 bridgehead atoms. The quantitative estimate of drug-likeness (QED) is 0.0267. The molecule has 538 valence electrons. The predicted octanol–water partition coefficient (Wildman–Crippen LogP) is 14.7. The Morgan fingerprint density at radius 1 is 0.495 bits per heavy atom. The monoisotopic (exact) mass is 1570 g/mol. The molecule has 11 heterocycles. The molecule has 11 aromatic heterocycles. The molecule has 5 fully saturated rings. The number of hydrogen-bond acceptors (Lipinski definition) is 26. The van der Waals surface area contributed by atoms with Crippen molar-refractivity contribution in [2.24, 2.45) is 11.5 Å². The summed E-state index contributed by atoms with van der Waals surface area (Å²) in [5, 5.41) is 52.1. The second kappa shape index (κ2) is 31.2. The van der Waals surface area contributed by atoms with Crippen molar-refractivity contribution >= 4 is 147 Å². The highest BCUT2D eigenvalue weighted by Gasteiger charge is 2.31. The van der Waals surface area contributed by atoms with Gasteiger partial charge in [0, 0.05) is 113 Å². The van der Waals surface area contributed by atoms with Crippen LogP contribution >= 0.6 is 80.4 Å². The van der Waals surface area contributed by atoms with Crippen LogP contribution in [0.5, 0.6) is 0 Å². The van der Waals surface area contributed by atoms with Crippen LogP contribution < -0.4 is 42.2 Å². The average Bonchev–Trinajstić information content (AvgIpc) is 1.71. The molecule has 14 N–H and O–H groups in total. The van der Waals surface area contributed by atoms with Crippen LogP contribution in [0, 0.1) is 11.3 Å². The van der Waals surface area contributed by atoms with Crippen LogP contribution in [0.15, 0.2) is 119 Å². The first-order valence-electron chi connectivity index (χ1n) is 32.5. The van der Waals surface area contributed by atoms with E-state index in [2.05, 4.69) is 117 Å². The number of hydrogen-bond donors (Lipinski definition) is 12. The van der Waals surface area contributed by atoms with Crippen molar-refractivity contribution in [1.29, 1.82) is 5.26 Å². The molecule has 17 rings (SSSR count). The molecule has 12 aromatic rings. The van der Waals surface area contributed by atoms with E-state index in [-0.39, 0.29) is 33.9 Å². The third-order valence-corrected chi connectivity index (χ3v) is 24.0. The minimum Gasteiger partial charge on any atom is -0.329 e. The normalized spacial score (nSPS) is 14.8. The summed E-state index contributed by atoms with van der Waals surface area (Å²) in [6, 6.07) is 27.2. The highest BCUT2D eigenvalue weighted by molar-refractivity contribution is 7.91. The number of anilines is 8. The number of nitrogens with zero attached hydrogens (tertiary/aromatic N) is 13. The molecule has 38 heteroatoms. The summed E-state index contributed by atoms with van der Waals surface area (Å²) in [5.41, 5.74) is 16.0. The Balaban J connectivity index is 0.000000151. The van der Waals surface area contributed by atoms with E-state index in [9.17, 15) is 16.8 Å². The van der Waals surface area contributed by atoms with Gasteiger partial charge in [-0.2, -0.15) is 25.7 Å². The van der Waals surface area contributed by atoms with Gasteiger partial charge in [0.2, 0.25) is 20.0 Å². The van der Waals surface area contributed by atoms with Gasteiger partial charge in [0.05, 0.1) is 44.3 Å². The predicted molar refractivity (Wildman–Crippen MR) is 408 cm³/mol. The number of nitriles is 1. The molecule has 0 saturated heterocycles. The first kappa shape index (κ1) is 71.1. The summed E-state index contributed by atoms with van der Waals surface area (Å²) in [4.78, 5) is 39.1. The zero-order chi connectivity index (χ0) is 71.4. The Kier molecular flexibility index (Phi) is 21.5. The van der Waals surface area contributed by atoms with Crippen molar-refractivity contribution in [1.82, 2.24) is 90.1 Å². The smallest absolute Gasteiger partial charge is 0.250 e. The number of benzene rings is 1. The lowest BCUT2D eigenvalue weighted by atomic mass is 10.2. The van der Waals surface area contributed by atoms with Crippen LogP contribution in [0.2, 0.25) is 20.1 Å². The van der Waals surface area contributed by atoms with Crippen molar-refractivity contribution in [3.05, 3.63) is 162 Å². The van der Waals surface area contributed by atoms with Crippen LogP contribution in [0.1, 0.15) is 126 Å². The molecule has 0 amide bonds. The van der Waals surface area contributed by atoms with Gasteiger partial charge < -0.3 is 32.7 Å². The third kappa shape index (κ3) is 18.4. The summed E-state index contributed by atoms with van der Waals surface area (Å²) in [5.74, 6) is 8.74. The number of thiophene rings is 3. The Labute approximate surface area is 627 Å². The molecule has 5 aliphatic carbocycles. The third-order valence-electron chi connectivity index (χ3n) is 16.2. The Morgan fingerprint density at radius 2 is 0.903 bits per heavy atom. The van der Waals surface area contributed by atoms with Gasteiger partial charge in [-0.15, -0.1) is 34.0 Å². The molecule has 0 unspecified atom stereocenters. The second-order valence-electron chi connectivity index (χ2n) is 24.5. The van der Waals surface area contributed by atoms with Crippen molar-refractivity contribution in [2.75, 3.05) is 34.4 Å². The van der Waals surface area contributed by atoms with E-state index in [4.69, 9.17) is 63.1 Å². The second-order valence-corrected chi connectivity index (χ2v) is 33.1. The number of sulfonamides is 2. The van der Waals surface area contributed by atoms with E-state index in [0.29, 0.717) is 135 Å². The van der Waals surface area contributed by atoms with Crippen LogP contribution in [0.3, 0.4) is 0 Å². The number of nitrogens with one attached hydrogen (secondary N) is 10. The summed E-state index contributed by atoms with van der Waals surface area (Å²) < 4.78 is 54.8. The van der Waals surface area contributed by atoms with Crippen molar-refractivity contribution in [3.63, 3.8) is 0 Å². The Hall–Kier alpha value is -8.93. The number of aromatic amines is 4. The van der Waals surface area contributed by atoms with Crippen molar-refractivity contribution in [2.45, 2.75) is 110 Å². The maximum Gasteiger partial charge on any atom is 0.250 e. The Morgan fingerprint density at radius 3 is 1.30 bits per heavy atom. The van der Waals surface area contributed by atoms with E-state index in [0.717, 1.165) is 61.6 Å². The van der Waals surface area contributed by atoms with E-state index >= 15 is 0 Å². The van der Waals surface area contributed by atoms with Crippen molar-refractivity contribution < 1.29 is 22.5 Å². The fourth-order valence-corrected chi connectivity index (χ4v) is 15.9. The lowest BCUT2D eigenvalue weighted by molar-refractivity contribution is 0.581. The molecular formula is C65H71Cl4N25O4S5. The van der Waals surface area contributed by atoms with E-state index in [1.807, 2.05) is 42.5 Å². The molecule has 103 heavy (non-hydrogen) atoms. The minimum atomic E-state index is -3.66. The first-order valence-corrected chi connectivity index (χ1v) is 39.4. The van der Waals surface area contributed by atoms with E-state index in [1.165, 1.54) is 87.2 Å². The topological polar surface area (TPSA) is 434 Å². The van der Waals surface area contributed by atoms with Gasteiger partial charge in [0.1, 0.15) is 35.2 Å². The van der Waals surface area contributed by atoms with Gasteiger partial charge in [-0.1, -0.05) is 58.5 Å². The summed E-state index contributed by atoms with van der Waals surface area (Å²) in [7, 11) is -7.15. The molecule has 5 saturated carbocycles. The molecule has 0 spiro atoms. The van der Waals surface area contributed by atoms with Gasteiger partial charge in [0.25, 0.3) is 0 Å². The van der Waals surface area contributed by atoms with Gasteiger partial charge in [-0.3, -0.25) is 20.4 Å². The molecule has 5 aliphatic rings. The molecule has 0 radical (unpaired) electrons. The molecular weight excluding hydrogens is 1500 g/mol. The maximum absolute atomic E-state index is 12.4. The van der Waals surface area contributed by atoms with Crippen LogP contribution in [0.25, 0.3) is 43.5 Å². The SMILES string of the molecule is N#Cc1ccc(-c2ncc(Cl)c(Nc3cc(C4CC4)[nH]n3)n2)s1.NCCNS(=O)(=O)c1cccc(-c2ncc(Cl)c(Nc3cc(C4CC4)[nH]n3)n2)c1.NCc1ccc(-c2ncc(Cl)c(Nc3cc(C4CC4)[nH]n3)n2)s1.O=S(=O)(NC1CC1)c1ccc(-c2ncc(Cl)c(Nc3cc(C4CC4)[nH]n3)n2)s1.[HH].[HH].[HH].[HH]. The molecule has 0 atom stereocenters. The van der Waals surface area contributed by atoms with Crippen LogP contribution in [-0.2, 0) is 26.6 Å². The highest BCUT2D eigenvalue weighted by Crippen LogP contribution is 2.44. The van der Waals surface area contributed by atoms with E-state index in [1.54, 1.807) is 54.1 Å². The number of aromatic nitrogens is 16. The average molecular weight is 1570 g/mol. The van der Waals surface area contributed by atoms with Gasteiger partial charge in [-0.05, 0) is 113 Å². The first-order chi connectivity index (χ1) is 49.9. The molecule has 1 aromatic carbocycles. The zero-order valence-corrected chi connectivity index (χ0v) is 61.2. The zero-order valence-electron chi connectivity index (χ0n) is 54.1. The van der Waals surface area contributed by atoms with Crippen molar-refractivity contribution in [3.8, 4) is 49.6 Å². The number of nitrogens with two attached hydrogens (primary N) is 2. The fourth-order valence-electron chi connectivity index (χ4n) is 10.1. The van der Waals surface area contributed by atoms with Crippen LogP contribution in [0.4, 0.5) is 46.5 Å². The summed E-state index contributed by atoms with van der Waals surface area (Å²) in [6.07, 6.45) is 17.5. The van der Waals surface area contributed by atoms with Gasteiger partial charge in [0.15, 0.2) is 69.8 Å². The maximum atomic E-state index is 12.4. The fraction of sp³-hybridized carbons (Fsp3) is 0.277. The molecule has 29 nitrogen and oxygen atoms in total. The number of rotatable bonds is 24. The van der Waals surface area contributed by atoms with Gasteiger partial charge >= 0.3 is 0 Å². The van der Waals surface area contributed by atoms with Crippen LogP contribution in [-0.4, -0.2) is 117 Å².